The van der Waals surface area contributed by atoms with Crippen LogP contribution in [0, 0.1) is 13.8 Å². The number of hydrogen-bond acceptors (Lipinski definition) is 6. The van der Waals surface area contributed by atoms with Crippen LogP contribution in [0.2, 0.25) is 0 Å². The topological polar surface area (TPSA) is 98.7 Å². The van der Waals surface area contributed by atoms with E-state index >= 15 is 0 Å². The Kier molecular flexibility index (Phi) is 5.15. The molecule has 4 aromatic rings. The Morgan fingerprint density at radius 1 is 1.14 bits per heavy atom. The predicted molar refractivity (Wildman–Crippen MR) is 106 cm³/mol. The minimum Gasteiger partial charge on any atom is -0.343 e. The monoisotopic (exact) mass is 388 g/mol. The maximum atomic E-state index is 12.7. The van der Waals surface area contributed by atoms with Crippen molar-refractivity contribution in [1.29, 1.82) is 0 Å². The van der Waals surface area contributed by atoms with Gasteiger partial charge in [0.25, 0.3) is 5.91 Å². The molecule has 0 aliphatic rings. The Morgan fingerprint density at radius 2 is 1.97 bits per heavy atom. The number of amides is 1. The second kappa shape index (κ2) is 8.05. The molecule has 0 aromatic carbocycles. The summed E-state index contributed by atoms with van der Waals surface area (Å²) in [6, 6.07) is 11.3. The molecule has 4 heterocycles. The van der Waals surface area contributed by atoms with Gasteiger partial charge in [-0.25, -0.2) is 0 Å². The van der Waals surface area contributed by atoms with Crippen molar-refractivity contribution in [2.75, 3.05) is 0 Å². The van der Waals surface area contributed by atoms with Crippen LogP contribution in [0.5, 0.6) is 0 Å². The van der Waals surface area contributed by atoms with Crippen LogP contribution in [-0.4, -0.2) is 30.6 Å². The molecule has 0 radical (unpaired) electrons. The van der Waals surface area contributed by atoms with Crippen molar-refractivity contribution in [2.45, 2.75) is 26.9 Å². The molecule has 4 rings (SSSR count). The van der Waals surface area contributed by atoms with Crippen LogP contribution in [-0.2, 0) is 13.1 Å². The lowest BCUT2D eigenvalue weighted by atomic mass is 10.2. The van der Waals surface area contributed by atoms with Crippen molar-refractivity contribution < 1.29 is 9.32 Å². The molecule has 4 aromatic heterocycles. The van der Waals surface area contributed by atoms with Gasteiger partial charge in [-0.2, -0.15) is 4.98 Å². The third kappa shape index (κ3) is 4.06. The number of rotatable bonds is 6. The van der Waals surface area contributed by atoms with Gasteiger partial charge in [-0.1, -0.05) is 11.2 Å². The molecule has 146 valence electrons. The zero-order chi connectivity index (χ0) is 20.2. The molecule has 0 aliphatic heterocycles. The Hall–Kier alpha value is -3.81. The molecule has 1 N–H and O–H groups in total. The molecule has 0 spiro atoms. The normalized spacial score (nSPS) is 10.8. The lowest BCUT2D eigenvalue weighted by Crippen LogP contribution is -2.23. The first-order valence-electron chi connectivity index (χ1n) is 9.19. The van der Waals surface area contributed by atoms with E-state index in [4.69, 9.17) is 4.52 Å². The number of aromatic nitrogens is 5. The Bertz CT molecular complexity index is 1120. The van der Waals surface area contributed by atoms with Crippen molar-refractivity contribution in [1.82, 2.24) is 30.0 Å². The fraction of sp³-hybridized carbons (Fsp3) is 0.190. The SMILES string of the molecule is Cc1cc(C(=O)NCc2nc(-c3ccncc3)no2)c(C)n1Cc1ccccn1. The maximum absolute atomic E-state index is 12.7. The zero-order valence-corrected chi connectivity index (χ0v) is 16.2. The van der Waals surface area contributed by atoms with E-state index in [-0.39, 0.29) is 12.5 Å². The van der Waals surface area contributed by atoms with Crippen LogP contribution in [0.15, 0.2) is 59.5 Å². The largest absolute Gasteiger partial charge is 0.343 e. The average Bonchev–Trinajstić information content (AvgIpc) is 3.34. The van der Waals surface area contributed by atoms with Gasteiger partial charge in [0, 0.05) is 35.5 Å². The molecule has 8 nitrogen and oxygen atoms in total. The summed E-state index contributed by atoms with van der Waals surface area (Å²) in [5.41, 5.74) is 4.24. The van der Waals surface area contributed by atoms with Gasteiger partial charge >= 0.3 is 0 Å². The zero-order valence-electron chi connectivity index (χ0n) is 16.2. The second-order valence-electron chi connectivity index (χ2n) is 6.62. The molecule has 29 heavy (non-hydrogen) atoms. The molecule has 0 fully saturated rings. The number of nitrogens with one attached hydrogen (secondary N) is 1. The van der Waals surface area contributed by atoms with E-state index in [0.29, 0.717) is 23.8 Å². The first-order valence-corrected chi connectivity index (χ1v) is 9.19. The number of carbonyl (C=O) groups excluding carboxylic acids is 1. The smallest absolute Gasteiger partial charge is 0.253 e. The maximum Gasteiger partial charge on any atom is 0.253 e. The van der Waals surface area contributed by atoms with Gasteiger partial charge in [0.15, 0.2) is 0 Å². The summed E-state index contributed by atoms with van der Waals surface area (Å²) >= 11 is 0. The van der Waals surface area contributed by atoms with Crippen molar-refractivity contribution in [3.05, 3.63) is 83.5 Å². The van der Waals surface area contributed by atoms with Gasteiger partial charge < -0.3 is 14.4 Å². The van der Waals surface area contributed by atoms with E-state index in [1.807, 2.05) is 38.1 Å². The number of nitrogens with zero attached hydrogens (tertiary/aromatic N) is 5. The molecule has 0 saturated heterocycles. The van der Waals surface area contributed by atoms with Gasteiger partial charge in [0.1, 0.15) is 0 Å². The summed E-state index contributed by atoms with van der Waals surface area (Å²) in [6.45, 7) is 4.68. The van der Waals surface area contributed by atoms with E-state index in [1.54, 1.807) is 30.7 Å². The molecule has 0 aliphatic carbocycles. The summed E-state index contributed by atoms with van der Waals surface area (Å²) in [6.07, 6.45) is 5.09. The molecule has 0 bridgehead atoms. The minimum absolute atomic E-state index is 0.154. The Balaban J connectivity index is 1.44. The molecular weight excluding hydrogens is 368 g/mol. The highest BCUT2D eigenvalue weighted by Gasteiger charge is 2.17. The van der Waals surface area contributed by atoms with E-state index in [0.717, 1.165) is 22.6 Å². The van der Waals surface area contributed by atoms with Gasteiger partial charge in [0.2, 0.25) is 11.7 Å². The Morgan fingerprint density at radius 3 is 2.72 bits per heavy atom. The summed E-state index contributed by atoms with van der Waals surface area (Å²) in [5.74, 6) is 0.617. The average molecular weight is 388 g/mol. The summed E-state index contributed by atoms with van der Waals surface area (Å²) in [7, 11) is 0. The van der Waals surface area contributed by atoms with Crippen molar-refractivity contribution in [3.63, 3.8) is 0 Å². The van der Waals surface area contributed by atoms with E-state index in [2.05, 4.69) is 30.0 Å². The lowest BCUT2D eigenvalue weighted by Gasteiger charge is -2.09. The van der Waals surface area contributed by atoms with Crippen molar-refractivity contribution >= 4 is 5.91 Å². The molecule has 8 heteroatoms. The van der Waals surface area contributed by atoms with Crippen molar-refractivity contribution in [3.8, 4) is 11.4 Å². The van der Waals surface area contributed by atoms with Crippen LogP contribution < -0.4 is 5.32 Å². The molecule has 1 amide bonds. The Labute approximate surface area is 167 Å². The highest BCUT2D eigenvalue weighted by Crippen LogP contribution is 2.17. The summed E-state index contributed by atoms with van der Waals surface area (Å²) in [5, 5.41) is 6.79. The molecule has 0 unspecified atom stereocenters. The quantitative estimate of drug-likeness (QED) is 0.545. The van der Waals surface area contributed by atoms with Gasteiger partial charge in [0.05, 0.1) is 24.3 Å². The van der Waals surface area contributed by atoms with Gasteiger partial charge in [-0.05, 0) is 44.2 Å². The fourth-order valence-corrected chi connectivity index (χ4v) is 3.12. The number of carbonyl (C=O) groups is 1. The highest BCUT2D eigenvalue weighted by atomic mass is 16.5. The molecule has 0 saturated carbocycles. The van der Waals surface area contributed by atoms with Crippen LogP contribution in [0.3, 0.4) is 0 Å². The second-order valence-corrected chi connectivity index (χ2v) is 6.62. The van der Waals surface area contributed by atoms with Gasteiger partial charge in [-0.3, -0.25) is 14.8 Å². The van der Waals surface area contributed by atoms with Crippen molar-refractivity contribution in [2.24, 2.45) is 0 Å². The van der Waals surface area contributed by atoms with Crippen LogP contribution in [0.4, 0.5) is 0 Å². The van der Waals surface area contributed by atoms with Gasteiger partial charge in [-0.15, -0.1) is 0 Å². The highest BCUT2D eigenvalue weighted by molar-refractivity contribution is 5.95. The van der Waals surface area contributed by atoms with Crippen LogP contribution in [0.1, 0.15) is 33.3 Å². The summed E-state index contributed by atoms with van der Waals surface area (Å²) < 4.78 is 7.31. The molecular formula is C21H20N6O2. The van der Waals surface area contributed by atoms with E-state index in [1.165, 1.54) is 0 Å². The van der Waals surface area contributed by atoms with E-state index < -0.39 is 0 Å². The first-order chi connectivity index (χ1) is 14.1. The lowest BCUT2D eigenvalue weighted by molar-refractivity contribution is 0.0945. The number of pyridine rings is 2. The number of hydrogen-bond donors (Lipinski definition) is 1. The third-order valence-corrected chi connectivity index (χ3v) is 4.67. The standard InChI is InChI=1S/C21H20N6O2/c1-14-11-18(15(2)27(14)13-17-5-3-4-8-23-17)21(28)24-12-19-25-20(26-29-19)16-6-9-22-10-7-16/h3-11H,12-13H2,1-2H3,(H,24,28). The number of aryl methyl sites for hydroxylation is 1. The van der Waals surface area contributed by atoms with Crippen LogP contribution >= 0.6 is 0 Å². The molecule has 0 atom stereocenters. The van der Waals surface area contributed by atoms with Crippen LogP contribution in [0.25, 0.3) is 11.4 Å². The first kappa shape index (κ1) is 18.5. The van der Waals surface area contributed by atoms with E-state index in [9.17, 15) is 4.79 Å². The third-order valence-electron chi connectivity index (χ3n) is 4.67. The predicted octanol–water partition coefficient (Wildman–Crippen LogP) is 2.92. The summed E-state index contributed by atoms with van der Waals surface area (Å²) in [4.78, 5) is 25.3. The fourth-order valence-electron chi connectivity index (χ4n) is 3.12. The minimum atomic E-state index is -0.186.